The van der Waals surface area contributed by atoms with E-state index in [0.717, 1.165) is 0 Å². The Kier molecular flexibility index (Phi) is 6.80. The SMILES string of the molecule is C=P(C)(C)/C(=C/c1cc(-c2nc(C)n(C(F)F)c2Cl)c(C)cc1Cl)C(=O)OC. The number of methoxy groups -OCH3 is 1. The molecule has 0 spiro atoms. The van der Waals surface area contributed by atoms with Crippen molar-refractivity contribution in [1.82, 2.24) is 9.55 Å². The first-order valence-electron chi connectivity index (χ1n) is 8.20. The molecule has 0 bridgehead atoms. The van der Waals surface area contributed by atoms with E-state index in [1.54, 1.807) is 25.1 Å². The highest BCUT2D eigenvalue weighted by atomic mass is 35.5. The molecule has 0 aliphatic heterocycles. The number of hydrogen-bond donors (Lipinski definition) is 0. The van der Waals surface area contributed by atoms with Crippen molar-refractivity contribution in [3.63, 3.8) is 0 Å². The molecular weight excluding hydrogens is 428 g/mol. The van der Waals surface area contributed by atoms with Crippen LogP contribution in [0, 0.1) is 13.8 Å². The first-order valence-corrected chi connectivity index (χ1v) is 11.8. The predicted octanol–water partition coefficient (Wildman–Crippen LogP) is 6.09. The molecule has 0 aliphatic rings. The minimum atomic E-state index is -2.80. The molecule has 0 saturated heterocycles. The zero-order chi connectivity index (χ0) is 21.4. The zero-order valence-electron chi connectivity index (χ0n) is 16.2. The molecule has 1 heterocycles. The summed E-state index contributed by atoms with van der Waals surface area (Å²) in [5.41, 5.74) is 2.02. The van der Waals surface area contributed by atoms with Gasteiger partial charge in [-0.25, -0.2) is 9.78 Å². The summed E-state index contributed by atoms with van der Waals surface area (Å²) in [6, 6.07) is 3.36. The third-order valence-electron chi connectivity index (χ3n) is 4.16. The molecule has 0 N–H and O–H groups in total. The van der Waals surface area contributed by atoms with Gasteiger partial charge in [0, 0.05) is 10.6 Å². The number of benzene rings is 1. The number of imidazole rings is 1. The van der Waals surface area contributed by atoms with Gasteiger partial charge >= 0.3 is 12.5 Å². The summed E-state index contributed by atoms with van der Waals surface area (Å²) in [5, 5.41) is 0.662. The van der Waals surface area contributed by atoms with Gasteiger partial charge in [0.1, 0.15) is 16.7 Å². The van der Waals surface area contributed by atoms with Crippen molar-refractivity contribution in [1.29, 1.82) is 0 Å². The molecular formula is C19H21Cl2F2N2O2P. The largest absolute Gasteiger partial charge is 0.465 e. The Morgan fingerprint density at radius 1 is 1.32 bits per heavy atom. The molecule has 0 fully saturated rings. The Hall–Kier alpha value is -1.62. The molecule has 1 aromatic heterocycles. The Labute approximate surface area is 173 Å². The van der Waals surface area contributed by atoms with Gasteiger partial charge in [-0.15, -0.1) is 0 Å². The molecule has 2 aromatic rings. The number of rotatable bonds is 5. The summed E-state index contributed by atoms with van der Waals surface area (Å²) >= 11 is 12.5. The Morgan fingerprint density at radius 2 is 1.93 bits per heavy atom. The van der Waals surface area contributed by atoms with E-state index < -0.39 is 19.4 Å². The highest BCUT2D eigenvalue weighted by molar-refractivity contribution is 7.77. The minimum Gasteiger partial charge on any atom is -0.465 e. The summed E-state index contributed by atoms with van der Waals surface area (Å²) in [6.07, 6.45) is 5.72. The fourth-order valence-corrected chi connectivity index (χ4v) is 4.39. The summed E-state index contributed by atoms with van der Waals surface area (Å²) < 4.78 is 32.0. The van der Waals surface area contributed by atoms with Crippen LogP contribution in [0.15, 0.2) is 17.4 Å². The second-order valence-electron chi connectivity index (χ2n) is 6.84. The van der Waals surface area contributed by atoms with Crippen LogP contribution in [0.5, 0.6) is 0 Å². The first kappa shape index (κ1) is 22.7. The average Bonchev–Trinajstić information content (AvgIpc) is 2.86. The monoisotopic (exact) mass is 448 g/mol. The van der Waals surface area contributed by atoms with Crippen molar-refractivity contribution in [2.45, 2.75) is 20.4 Å². The molecule has 0 atom stereocenters. The molecule has 0 aliphatic carbocycles. The van der Waals surface area contributed by atoms with E-state index in [2.05, 4.69) is 11.3 Å². The van der Waals surface area contributed by atoms with Gasteiger partial charge < -0.3 is 4.74 Å². The maximum atomic E-state index is 13.2. The van der Waals surface area contributed by atoms with Crippen LogP contribution in [0.3, 0.4) is 0 Å². The molecule has 0 unspecified atom stereocenters. The maximum absolute atomic E-state index is 13.2. The lowest BCUT2D eigenvalue weighted by molar-refractivity contribution is -0.135. The highest BCUT2D eigenvalue weighted by Crippen LogP contribution is 2.47. The van der Waals surface area contributed by atoms with E-state index >= 15 is 0 Å². The molecule has 9 heteroatoms. The van der Waals surface area contributed by atoms with Crippen molar-refractivity contribution in [3.8, 4) is 11.3 Å². The van der Waals surface area contributed by atoms with Crippen LogP contribution < -0.4 is 0 Å². The number of carbonyl (C=O) groups excluding carboxylic acids is 1. The van der Waals surface area contributed by atoms with E-state index in [0.29, 0.717) is 31.6 Å². The molecule has 2 rings (SSSR count). The minimum absolute atomic E-state index is 0.0986. The zero-order valence-corrected chi connectivity index (χ0v) is 18.6. The van der Waals surface area contributed by atoms with Gasteiger partial charge in [-0.2, -0.15) is 8.78 Å². The van der Waals surface area contributed by atoms with Crippen molar-refractivity contribution < 1.29 is 18.3 Å². The van der Waals surface area contributed by atoms with E-state index in [4.69, 9.17) is 27.9 Å². The summed E-state index contributed by atoms with van der Waals surface area (Å²) in [4.78, 5) is 16.4. The van der Waals surface area contributed by atoms with Crippen molar-refractivity contribution >= 4 is 48.4 Å². The molecule has 28 heavy (non-hydrogen) atoms. The smallest absolute Gasteiger partial charge is 0.338 e. The number of aryl methyl sites for hydroxylation is 2. The topological polar surface area (TPSA) is 44.1 Å². The quantitative estimate of drug-likeness (QED) is 0.315. The van der Waals surface area contributed by atoms with Crippen LogP contribution in [0.1, 0.15) is 23.5 Å². The standard InChI is InChI=1S/C19H21Cl2F2N2O2P/c1-10-7-14(20)12(9-15(18(26)27-3)28(4,5)6)8-13(10)16-17(21)25(19(22)23)11(2)24-16/h7-9,19H,4H2,1-3,5-6H3/b15-9+. The van der Waals surface area contributed by atoms with E-state index in [-0.39, 0.29) is 16.7 Å². The second kappa shape index (κ2) is 8.40. The number of esters is 1. The van der Waals surface area contributed by atoms with Crippen LogP contribution in [-0.4, -0.2) is 42.3 Å². The molecule has 152 valence electrons. The fraction of sp³-hybridized carbons (Fsp3) is 0.316. The normalized spacial score (nSPS) is 12.6. The molecule has 0 amide bonds. The second-order valence-corrected chi connectivity index (χ2v) is 11.5. The average molecular weight is 449 g/mol. The van der Waals surface area contributed by atoms with E-state index in [1.807, 2.05) is 13.3 Å². The third-order valence-corrected chi connectivity index (χ3v) is 6.47. The predicted molar refractivity (Wildman–Crippen MR) is 114 cm³/mol. The van der Waals surface area contributed by atoms with Crippen LogP contribution >= 0.6 is 30.1 Å². The van der Waals surface area contributed by atoms with Gasteiger partial charge in [0.15, 0.2) is 0 Å². The Balaban J connectivity index is 2.73. The fourth-order valence-electron chi connectivity index (χ4n) is 2.70. The highest BCUT2D eigenvalue weighted by Gasteiger charge is 2.23. The lowest BCUT2D eigenvalue weighted by atomic mass is 10.0. The van der Waals surface area contributed by atoms with Gasteiger partial charge in [0.05, 0.1) is 12.4 Å². The van der Waals surface area contributed by atoms with Crippen molar-refractivity contribution in [3.05, 3.63) is 44.6 Å². The summed E-state index contributed by atoms with van der Waals surface area (Å²) in [6.45, 7) is 2.21. The van der Waals surface area contributed by atoms with Gasteiger partial charge in [-0.05, 0) is 56.5 Å². The van der Waals surface area contributed by atoms with Gasteiger partial charge in [-0.1, -0.05) is 36.4 Å². The van der Waals surface area contributed by atoms with E-state index in [1.165, 1.54) is 14.0 Å². The lowest BCUT2D eigenvalue weighted by Gasteiger charge is -2.16. The number of carbonyl (C=O) groups is 1. The first-order chi connectivity index (χ1) is 12.9. The van der Waals surface area contributed by atoms with Crippen molar-refractivity contribution in [2.75, 3.05) is 20.4 Å². The number of nitrogens with zero attached hydrogens (tertiary/aromatic N) is 2. The number of ether oxygens (including phenoxy) is 1. The van der Waals surface area contributed by atoms with Crippen LogP contribution in [0.25, 0.3) is 17.3 Å². The maximum Gasteiger partial charge on any atom is 0.338 e. The lowest BCUT2D eigenvalue weighted by Crippen LogP contribution is -2.05. The van der Waals surface area contributed by atoms with Crippen LogP contribution in [-0.2, 0) is 9.53 Å². The Bertz CT molecular complexity index is 1010. The van der Waals surface area contributed by atoms with Crippen LogP contribution in [0.2, 0.25) is 10.2 Å². The van der Waals surface area contributed by atoms with E-state index in [9.17, 15) is 13.6 Å². The number of alkyl halides is 2. The van der Waals surface area contributed by atoms with Gasteiger partial charge in [-0.3, -0.25) is 4.57 Å². The molecule has 0 saturated carbocycles. The molecule has 4 nitrogen and oxygen atoms in total. The third kappa shape index (κ3) is 4.51. The molecule has 0 radical (unpaired) electrons. The summed E-state index contributed by atoms with van der Waals surface area (Å²) in [7, 11) is 1.30. The number of hydrogen-bond acceptors (Lipinski definition) is 3. The Morgan fingerprint density at radius 3 is 2.39 bits per heavy atom. The van der Waals surface area contributed by atoms with Crippen molar-refractivity contribution in [2.24, 2.45) is 0 Å². The number of aromatic nitrogens is 2. The van der Waals surface area contributed by atoms with Gasteiger partial charge in [0.25, 0.3) is 0 Å². The number of halogens is 4. The van der Waals surface area contributed by atoms with Gasteiger partial charge in [0.2, 0.25) is 0 Å². The van der Waals surface area contributed by atoms with Crippen LogP contribution in [0.4, 0.5) is 8.78 Å². The summed E-state index contributed by atoms with van der Waals surface area (Å²) in [5.74, 6) is -0.385. The molecule has 1 aromatic carbocycles.